The number of nitrogens with zero attached hydrogens (tertiary/aromatic N) is 2. The summed E-state index contributed by atoms with van der Waals surface area (Å²) in [6.45, 7) is 0. The Balaban J connectivity index is 2.39. The van der Waals surface area contributed by atoms with Gasteiger partial charge in [0.1, 0.15) is 4.90 Å². The number of nitrogens with one attached hydrogen (secondary N) is 1. The van der Waals surface area contributed by atoms with Crippen LogP contribution < -0.4 is 10.5 Å². The Kier molecular flexibility index (Phi) is 3.92. The normalized spacial score (nSPS) is 11.5. The molecular formula is C10H10ClIN4O2S. The Bertz CT molecular complexity index is 729. The summed E-state index contributed by atoms with van der Waals surface area (Å²) in [6, 6.07) is 4.86. The zero-order valence-corrected chi connectivity index (χ0v) is 13.5. The van der Waals surface area contributed by atoms with Gasteiger partial charge in [-0.3, -0.25) is 9.40 Å². The van der Waals surface area contributed by atoms with E-state index in [0.717, 1.165) is 0 Å². The van der Waals surface area contributed by atoms with Crippen LogP contribution >= 0.6 is 34.2 Å². The molecule has 6 nitrogen and oxygen atoms in total. The van der Waals surface area contributed by atoms with Crippen molar-refractivity contribution in [3.63, 3.8) is 0 Å². The molecule has 102 valence electrons. The van der Waals surface area contributed by atoms with Crippen molar-refractivity contribution in [1.82, 2.24) is 9.78 Å². The van der Waals surface area contributed by atoms with Crippen LogP contribution in [-0.2, 0) is 17.1 Å². The van der Waals surface area contributed by atoms with E-state index in [4.69, 9.17) is 17.3 Å². The average Bonchev–Trinajstić information content (AvgIpc) is 2.63. The van der Waals surface area contributed by atoms with E-state index >= 15 is 0 Å². The van der Waals surface area contributed by atoms with Crippen LogP contribution in [0.2, 0.25) is 5.02 Å². The van der Waals surface area contributed by atoms with Crippen molar-refractivity contribution < 1.29 is 8.42 Å². The summed E-state index contributed by atoms with van der Waals surface area (Å²) in [6.07, 6.45) is 1.35. The maximum Gasteiger partial charge on any atom is 0.267 e. The molecule has 2 aromatic rings. The fourth-order valence-electron chi connectivity index (χ4n) is 1.46. The SMILES string of the molecule is Cn1cc(S(=O)(=O)Nc2ccc(Cl)cc2I)c(N)n1. The van der Waals surface area contributed by atoms with Crippen LogP contribution in [-0.4, -0.2) is 18.2 Å². The highest BCUT2D eigenvalue weighted by atomic mass is 127. The minimum atomic E-state index is -3.76. The highest BCUT2D eigenvalue weighted by Crippen LogP contribution is 2.26. The summed E-state index contributed by atoms with van der Waals surface area (Å²) in [5.41, 5.74) is 6.01. The van der Waals surface area contributed by atoms with E-state index in [1.807, 2.05) is 22.6 Å². The molecule has 1 aromatic heterocycles. The van der Waals surface area contributed by atoms with Crippen molar-refractivity contribution in [1.29, 1.82) is 0 Å². The lowest BCUT2D eigenvalue weighted by molar-refractivity contribution is 0.601. The third-order valence-corrected chi connectivity index (χ3v) is 4.80. The van der Waals surface area contributed by atoms with Gasteiger partial charge in [-0.25, -0.2) is 8.42 Å². The first kappa shape index (κ1) is 14.4. The number of hydrogen-bond acceptors (Lipinski definition) is 4. The number of rotatable bonds is 3. The van der Waals surface area contributed by atoms with Gasteiger partial charge >= 0.3 is 0 Å². The van der Waals surface area contributed by atoms with Gasteiger partial charge in [-0.15, -0.1) is 0 Å². The molecule has 2 rings (SSSR count). The van der Waals surface area contributed by atoms with E-state index in [2.05, 4.69) is 9.82 Å². The topological polar surface area (TPSA) is 90.0 Å². The lowest BCUT2D eigenvalue weighted by Gasteiger charge is -2.09. The van der Waals surface area contributed by atoms with Gasteiger partial charge in [0.2, 0.25) is 0 Å². The molecule has 0 bridgehead atoms. The molecule has 0 amide bonds. The summed E-state index contributed by atoms with van der Waals surface area (Å²) < 4.78 is 28.9. The Hall–Kier alpha value is -1.000. The first-order chi connectivity index (χ1) is 8.79. The molecule has 0 fully saturated rings. The molecule has 0 radical (unpaired) electrons. The molecule has 0 unspecified atom stereocenters. The van der Waals surface area contributed by atoms with Crippen LogP contribution in [0.3, 0.4) is 0 Å². The minimum Gasteiger partial charge on any atom is -0.381 e. The fraction of sp³-hybridized carbons (Fsp3) is 0.100. The number of aromatic nitrogens is 2. The van der Waals surface area contributed by atoms with Crippen LogP contribution in [0.25, 0.3) is 0 Å². The van der Waals surface area contributed by atoms with Crippen LogP contribution in [0.4, 0.5) is 11.5 Å². The molecule has 0 aliphatic carbocycles. The number of anilines is 2. The number of nitrogen functional groups attached to an aromatic ring is 1. The maximum atomic E-state index is 12.2. The largest absolute Gasteiger partial charge is 0.381 e. The summed E-state index contributed by atoms with van der Waals surface area (Å²) in [5.74, 6) is -0.0426. The second kappa shape index (κ2) is 5.17. The number of nitrogens with two attached hydrogens (primary N) is 1. The Morgan fingerprint density at radius 1 is 1.47 bits per heavy atom. The van der Waals surface area contributed by atoms with Gasteiger partial charge in [-0.05, 0) is 40.8 Å². The Morgan fingerprint density at radius 3 is 2.68 bits per heavy atom. The Labute approximate surface area is 129 Å². The maximum absolute atomic E-state index is 12.2. The lowest BCUT2D eigenvalue weighted by Crippen LogP contribution is -2.14. The number of halogens is 2. The first-order valence-electron chi connectivity index (χ1n) is 5.06. The van der Waals surface area contributed by atoms with Gasteiger partial charge in [-0.1, -0.05) is 11.6 Å². The number of aryl methyl sites for hydroxylation is 1. The molecule has 1 heterocycles. The summed E-state index contributed by atoms with van der Waals surface area (Å²) in [4.78, 5) is -0.0549. The van der Waals surface area contributed by atoms with Gasteiger partial charge in [0, 0.05) is 21.8 Å². The first-order valence-corrected chi connectivity index (χ1v) is 8.00. The summed E-state index contributed by atoms with van der Waals surface area (Å²) in [5, 5.41) is 4.34. The molecule has 1 aromatic carbocycles. The third kappa shape index (κ3) is 3.12. The third-order valence-electron chi connectivity index (χ3n) is 2.29. The molecule has 0 aliphatic heterocycles. The lowest BCUT2D eigenvalue weighted by atomic mass is 10.3. The minimum absolute atomic E-state index is 0.0426. The van der Waals surface area contributed by atoms with E-state index in [-0.39, 0.29) is 10.7 Å². The van der Waals surface area contributed by atoms with Crippen LogP contribution in [0, 0.1) is 3.57 Å². The molecule has 0 atom stereocenters. The second-order valence-electron chi connectivity index (χ2n) is 3.78. The molecule has 0 aliphatic rings. The standard InChI is InChI=1S/C10H10ClIN4O2S/c1-16-5-9(10(13)14-16)19(17,18)15-8-3-2-6(11)4-7(8)12/h2-5,15H,1H3,(H2,13,14). The zero-order chi connectivity index (χ0) is 14.2. The van der Waals surface area contributed by atoms with Gasteiger partial charge in [0.15, 0.2) is 5.82 Å². The molecule has 19 heavy (non-hydrogen) atoms. The van der Waals surface area contributed by atoms with E-state index in [0.29, 0.717) is 14.3 Å². The van der Waals surface area contributed by atoms with Crippen molar-refractivity contribution >= 4 is 55.7 Å². The van der Waals surface area contributed by atoms with Crippen molar-refractivity contribution in [3.05, 3.63) is 33.0 Å². The van der Waals surface area contributed by atoms with Crippen molar-refractivity contribution in [2.24, 2.45) is 7.05 Å². The number of hydrogen-bond donors (Lipinski definition) is 2. The molecule has 0 saturated heterocycles. The Morgan fingerprint density at radius 2 is 2.16 bits per heavy atom. The highest BCUT2D eigenvalue weighted by Gasteiger charge is 2.21. The van der Waals surface area contributed by atoms with E-state index in [9.17, 15) is 8.42 Å². The number of benzene rings is 1. The van der Waals surface area contributed by atoms with Gasteiger partial charge in [0.05, 0.1) is 5.69 Å². The monoisotopic (exact) mass is 412 g/mol. The van der Waals surface area contributed by atoms with Crippen LogP contribution in [0.5, 0.6) is 0 Å². The zero-order valence-electron chi connectivity index (χ0n) is 9.76. The van der Waals surface area contributed by atoms with E-state index in [1.54, 1.807) is 25.2 Å². The number of sulfonamides is 1. The van der Waals surface area contributed by atoms with Gasteiger partial charge in [0.25, 0.3) is 10.0 Å². The summed E-state index contributed by atoms with van der Waals surface area (Å²) in [7, 11) is -2.17. The van der Waals surface area contributed by atoms with Crippen LogP contribution in [0.1, 0.15) is 0 Å². The van der Waals surface area contributed by atoms with Gasteiger partial charge < -0.3 is 5.73 Å². The highest BCUT2D eigenvalue weighted by molar-refractivity contribution is 14.1. The molecule has 9 heteroatoms. The molecular weight excluding hydrogens is 403 g/mol. The van der Waals surface area contributed by atoms with Crippen molar-refractivity contribution in [2.45, 2.75) is 4.90 Å². The molecule has 0 saturated carbocycles. The van der Waals surface area contributed by atoms with Gasteiger partial charge in [-0.2, -0.15) is 5.10 Å². The van der Waals surface area contributed by atoms with E-state index < -0.39 is 10.0 Å². The van der Waals surface area contributed by atoms with Crippen molar-refractivity contribution in [3.8, 4) is 0 Å². The molecule has 0 spiro atoms. The predicted molar refractivity (Wildman–Crippen MR) is 82.6 cm³/mol. The quantitative estimate of drug-likeness (QED) is 0.755. The summed E-state index contributed by atoms with van der Waals surface area (Å²) >= 11 is 7.81. The van der Waals surface area contributed by atoms with Crippen molar-refractivity contribution in [2.75, 3.05) is 10.5 Å². The fourth-order valence-corrected chi connectivity index (χ4v) is 3.84. The molecule has 3 N–H and O–H groups in total. The smallest absolute Gasteiger partial charge is 0.267 e. The van der Waals surface area contributed by atoms with Crippen LogP contribution in [0.15, 0.2) is 29.3 Å². The second-order valence-corrected chi connectivity index (χ2v) is 7.03. The predicted octanol–water partition coefficient (Wildman–Crippen LogP) is 2.06. The van der Waals surface area contributed by atoms with E-state index in [1.165, 1.54) is 10.9 Å². The average molecular weight is 413 g/mol.